The zero-order valence-electron chi connectivity index (χ0n) is 20.2. The molecule has 0 N–H and O–H groups in total. The van der Waals surface area contributed by atoms with Crippen LogP contribution in [0.25, 0.3) is 0 Å². The van der Waals surface area contributed by atoms with E-state index in [1.807, 2.05) is 29.2 Å². The topological polar surface area (TPSA) is 66.9 Å². The first-order valence-corrected chi connectivity index (χ1v) is 13.9. The second-order valence-corrected chi connectivity index (χ2v) is 11.7. The van der Waals surface area contributed by atoms with Crippen LogP contribution in [-0.2, 0) is 20.9 Å². The number of ether oxygens (including phenoxy) is 1. The van der Waals surface area contributed by atoms with Gasteiger partial charge in [-0.25, -0.2) is 13.2 Å². The van der Waals surface area contributed by atoms with Gasteiger partial charge in [-0.05, 0) is 53.6 Å². The fourth-order valence-corrected chi connectivity index (χ4v) is 5.98. The summed E-state index contributed by atoms with van der Waals surface area (Å²) in [6.45, 7) is 0.430. The number of nitrogens with zero attached hydrogens (tertiary/aromatic N) is 2. The molecule has 0 atom stereocenters. The van der Waals surface area contributed by atoms with E-state index in [4.69, 9.17) is 23.2 Å². The van der Waals surface area contributed by atoms with Crippen molar-refractivity contribution in [2.75, 3.05) is 30.8 Å². The first kappa shape index (κ1) is 28.2. The molecule has 3 aromatic carbocycles. The molecular weight excluding hydrogens is 564 g/mol. The molecule has 0 saturated carbocycles. The number of alkyl halides is 3. The highest BCUT2D eigenvalue weighted by Gasteiger charge is 2.42. The van der Waals surface area contributed by atoms with Crippen LogP contribution in [-0.4, -0.2) is 51.8 Å². The second kappa shape index (κ2) is 10.8. The molecule has 12 heteroatoms. The highest BCUT2D eigenvalue weighted by Crippen LogP contribution is 2.39. The predicted molar refractivity (Wildman–Crippen MR) is 140 cm³/mol. The van der Waals surface area contributed by atoms with E-state index >= 15 is 0 Å². The highest BCUT2D eigenvalue weighted by molar-refractivity contribution is 7.92. The first-order chi connectivity index (χ1) is 17.8. The van der Waals surface area contributed by atoms with Crippen LogP contribution in [0.3, 0.4) is 0 Å². The van der Waals surface area contributed by atoms with Crippen LogP contribution in [0.1, 0.15) is 33.1 Å². The number of halogens is 5. The zero-order chi connectivity index (χ0) is 27.8. The van der Waals surface area contributed by atoms with E-state index in [0.717, 1.165) is 40.9 Å². The summed E-state index contributed by atoms with van der Waals surface area (Å²) in [6, 6.07) is 15.9. The lowest BCUT2D eigenvalue weighted by atomic mass is 9.93. The van der Waals surface area contributed by atoms with Gasteiger partial charge in [0.1, 0.15) is 0 Å². The number of hydrogen-bond donors (Lipinski definition) is 0. The number of rotatable bonds is 7. The molecule has 4 rings (SSSR count). The number of esters is 1. The molecule has 1 saturated heterocycles. The molecule has 202 valence electrons. The number of benzene rings is 3. The molecule has 3 aromatic rings. The van der Waals surface area contributed by atoms with Gasteiger partial charge in [-0.1, -0.05) is 47.5 Å². The van der Waals surface area contributed by atoms with Crippen LogP contribution in [0.15, 0.2) is 66.7 Å². The molecule has 0 radical (unpaired) electrons. The van der Waals surface area contributed by atoms with Gasteiger partial charge in [0.25, 0.3) is 0 Å². The fraction of sp³-hybridized carbons (Fsp3) is 0.269. The summed E-state index contributed by atoms with van der Waals surface area (Å²) in [6.07, 6.45) is -3.88. The number of hydrogen-bond acceptors (Lipinski definition) is 5. The maximum absolute atomic E-state index is 13.6. The van der Waals surface area contributed by atoms with Crippen LogP contribution < -0.4 is 4.31 Å². The Morgan fingerprint density at radius 1 is 0.974 bits per heavy atom. The number of likely N-dealkylation sites (tertiary alicyclic amines) is 1. The van der Waals surface area contributed by atoms with E-state index in [-0.39, 0.29) is 24.8 Å². The molecule has 1 aliphatic heterocycles. The van der Waals surface area contributed by atoms with Crippen molar-refractivity contribution in [2.24, 2.45) is 0 Å². The monoisotopic (exact) mass is 586 g/mol. The van der Waals surface area contributed by atoms with Crippen molar-refractivity contribution < 1.29 is 31.1 Å². The van der Waals surface area contributed by atoms with Crippen LogP contribution in [0.2, 0.25) is 10.0 Å². The lowest BCUT2D eigenvalue weighted by Gasteiger charge is -2.49. The van der Waals surface area contributed by atoms with Gasteiger partial charge in [0.05, 0.1) is 42.3 Å². The van der Waals surface area contributed by atoms with Crippen molar-refractivity contribution in [1.82, 2.24) is 4.90 Å². The average molecular weight is 587 g/mol. The molecule has 1 fully saturated rings. The highest BCUT2D eigenvalue weighted by atomic mass is 35.5. The van der Waals surface area contributed by atoms with E-state index in [0.29, 0.717) is 16.1 Å². The largest absolute Gasteiger partial charge is 0.465 e. The Hall–Kier alpha value is -2.79. The summed E-state index contributed by atoms with van der Waals surface area (Å²) < 4.78 is 72.1. The molecule has 0 amide bonds. The number of sulfonamides is 1. The van der Waals surface area contributed by atoms with E-state index in [2.05, 4.69) is 4.74 Å². The Bertz CT molecular complexity index is 1380. The minimum absolute atomic E-state index is 0.215. The predicted octanol–water partition coefficient (Wildman–Crippen LogP) is 6.04. The van der Waals surface area contributed by atoms with E-state index in [9.17, 15) is 26.4 Å². The Morgan fingerprint density at radius 2 is 1.47 bits per heavy atom. The third-order valence-electron chi connectivity index (χ3n) is 6.24. The van der Waals surface area contributed by atoms with E-state index < -0.39 is 39.3 Å². The van der Waals surface area contributed by atoms with Crippen molar-refractivity contribution in [3.8, 4) is 0 Å². The normalized spacial score (nSPS) is 14.8. The molecule has 38 heavy (non-hydrogen) atoms. The number of carbonyl (C=O) groups excluding carboxylic acids is 1. The van der Waals surface area contributed by atoms with E-state index in [1.165, 1.54) is 0 Å². The summed E-state index contributed by atoms with van der Waals surface area (Å²) in [5.41, 5.74) is -0.0223. The van der Waals surface area contributed by atoms with Gasteiger partial charge in [0.2, 0.25) is 10.0 Å². The van der Waals surface area contributed by atoms with Crippen LogP contribution in [0, 0.1) is 0 Å². The Kier molecular flexibility index (Phi) is 7.99. The van der Waals surface area contributed by atoms with Crippen molar-refractivity contribution in [3.63, 3.8) is 0 Å². The van der Waals surface area contributed by atoms with Crippen molar-refractivity contribution in [3.05, 3.63) is 99.0 Å². The Labute approximate surface area is 228 Å². The molecule has 0 aromatic heterocycles. The average Bonchev–Trinajstić information content (AvgIpc) is 2.82. The Balaban J connectivity index is 1.70. The van der Waals surface area contributed by atoms with Crippen LogP contribution in [0.5, 0.6) is 0 Å². The molecule has 1 aliphatic rings. The molecule has 0 bridgehead atoms. The number of carbonyl (C=O) groups is 1. The summed E-state index contributed by atoms with van der Waals surface area (Å²) in [5, 5.41) is 1.11. The molecule has 1 heterocycles. The summed E-state index contributed by atoms with van der Waals surface area (Å²) in [4.78, 5) is 14.1. The van der Waals surface area contributed by atoms with Gasteiger partial charge in [-0.2, -0.15) is 13.2 Å². The van der Waals surface area contributed by atoms with Crippen LogP contribution in [0.4, 0.5) is 18.9 Å². The third kappa shape index (κ3) is 6.09. The fourth-order valence-electron chi connectivity index (χ4n) is 4.56. The maximum Gasteiger partial charge on any atom is 0.416 e. The summed E-state index contributed by atoms with van der Waals surface area (Å²) in [5.74, 6) is -1.01. The van der Waals surface area contributed by atoms with Crippen LogP contribution >= 0.6 is 23.2 Å². The number of anilines is 1. The first-order valence-electron chi connectivity index (χ1n) is 11.3. The smallest absolute Gasteiger partial charge is 0.416 e. The minimum Gasteiger partial charge on any atom is -0.465 e. The standard InChI is InChI=1S/C26H23Cl2F3N2O4S/c1-37-25(34)18-11-19(26(29,30)31)13-22(12-18)33(38(2,35)36)23-14-32(15-23)24(16-3-7-20(27)8-4-16)17-5-9-21(28)10-6-17/h3-13,23-24H,14-15H2,1-2H3. The SMILES string of the molecule is COC(=O)c1cc(N(C2CN(C(c3ccc(Cl)cc3)c3ccc(Cl)cc3)C2)S(C)(=O)=O)cc(C(F)(F)F)c1. The molecule has 0 unspecified atom stereocenters. The lowest BCUT2D eigenvalue weighted by molar-refractivity contribution is -0.137. The summed E-state index contributed by atoms with van der Waals surface area (Å²) >= 11 is 12.1. The van der Waals surface area contributed by atoms with Crippen molar-refractivity contribution >= 4 is 44.9 Å². The molecule has 0 spiro atoms. The minimum atomic E-state index is -4.80. The van der Waals surface area contributed by atoms with Crippen molar-refractivity contribution in [2.45, 2.75) is 18.3 Å². The zero-order valence-corrected chi connectivity index (χ0v) is 22.6. The lowest BCUT2D eigenvalue weighted by Crippen LogP contribution is -2.61. The quantitative estimate of drug-likeness (QED) is 0.316. The van der Waals surface area contributed by atoms with Gasteiger partial charge in [-0.3, -0.25) is 9.21 Å². The van der Waals surface area contributed by atoms with Gasteiger partial charge < -0.3 is 4.74 Å². The van der Waals surface area contributed by atoms with Gasteiger partial charge in [0.15, 0.2) is 0 Å². The molecular formula is C26H23Cl2F3N2O4S. The Morgan fingerprint density at radius 3 is 1.89 bits per heavy atom. The van der Waals surface area contributed by atoms with Gasteiger partial charge in [-0.15, -0.1) is 0 Å². The second-order valence-electron chi connectivity index (χ2n) is 8.93. The van der Waals surface area contributed by atoms with Gasteiger partial charge in [0, 0.05) is 23.1 Å². The van der Waals surface area contributed by atoms with E-state index in [1.54, 1.807) is 24.3 Å². The summed E-state index contributed by atoms with van der Waals surface area (Å²) in [7, 11) is -2.99. The molecule has 0 aliphatic carbocycles. The maximum atomic E-state index is 13.6. The van der Waals surface area contributed by atoms with Gasteiger partial charge >= 0.3 is 12.1 Å². The van der Waals surface area contributed by atoms with Crippen molar-refractivity contribution in [1.29, 1.82) is 0 Å². The third-order valence-corrected chi connectivity index (χ3v) is 7.96. The number of methoxy groups -OCH3 is 1. The molecule has 6 nitrogen and oxygen atoms in total.